The molecule has 0 aliphatic carbocycles. The molecule has 216 valence electrons. The lowest BCUT2D eigenvalue weighted by atomic mass is 10.1. The van der Waals surface area contributed by atoms with Gasteiger partial charge in [-0.15, -0.1) is 0 Å². The third-order valence-corrected chi connectivity index (χ3v) is 6.24. The van der Waals surface area contributed by atoms with Crippen LogP contribution in [0.5, 0.6) is 5.75 Å². The van der Waals surface area contributed by atoms with Gasteiger partial charge in [-0.05, 0) is 29.8 Å². The van der Waals surface area contributed by atoms with Crippen molar-refractivity contribution in [3.8, 4) is 17.0 Å². The fraction of sp³-hybridized carbons (Fsp3) is 0.130. The largest absolute Gasteiger partial charge is 0.487 e. The number of alkyl halides is 5. The molecular weight excluding hydrogens is 584 g/mol. The van der Waals surface area contributed by atoms with Crippen molar-refractivity contribution in [2.24, 2.45) is 5.73 Å². The van der Waals surface area contributed by atoms with Crippen molar-refractivity contribution >= 4 is 33.3 Å². The average Bonchev–Trinajstić information content (AvgIpc) is 3.32. The molecule has 0 fully saturated rings. The second-order valence-electron chi connectivity index (χ2n) is 8.13. The Morgan fingerprint density at radius 1 is 1.07 bits per heavy atom. The summed E-state index contributed by atoms with van der Waals surface area (Å²) in [5.41, 5.74) is 4.11. The number of halogens is 6. The number of ether oxygens (including phenoxy) is 1. The first kappa shape index (κ1) is 29.1. The van der Waals surface area contributed by atoms with E-state index in [4.69, 9.17) is 10.5 Å². The number of amides is 1. The van der Waals surface area contributed by atoms with Gasteiger partial charge in [0, 0.05) is 5.56 Å². The fourth-order valence-electron chi connectivity index (χ4n) is 3.36. The standard InChI is InChI=1S/C23H17F6N7O4S/c24-13-4-1-11(2-5-13)10-40-15-7-12(3-6-14(15)36-41(38,39)22(25)26)19-18(20(30)37)21(35-34-19)33-17-9-31-16(8-32-17)23(27,28)29/h1-9,22,36H,10H2,(H2,30,37)(H2,32,33,34,35). The molecule has 0 unspecified atom stereocenters. The first-order valence-corrected chi connectivity index (χ1v) is 12.6. The summed E-state index contributed by atoms with van der Waals surface area (Å²) in [4.78, 5) is 19.1. The van der Waals surface area contributed by atoms with Crippen LogP contribution in [0.4, 0.5) is 43.7 Å². The van der Waals surface area contributed by atoms with E-state index in [9.17, 15) is 39.6 Å². The van der Waals surface area contributed by atoms with Crippen LogP contribution in [0.25, 0.3) is 11.3 Å². The predicted molar refractivity (Wildman–Crippen MR) is 132 cm³/mol. The number of benzene rings is 2. The molecule has 4 aromatic rings. The Morgan fingerprint density at radius 2 is 1.78 bits per heavy atom. The van der Waals surface area contributed by atoms with Crippen LogP contribution in [0.15, 0.2) is 54.9 Å². The van der Waals surface area contributed by atoms with Crippen LogP contribution in [0.2, 0.25) is 0 Å². The zero-order valence-electron chi connectivity index (χ0n) is 20.2. The summed E-state index contributed by atoms with van der Waals surface area (Å²) >= 11 is 0. The molecule has 1 amide bonds. The summed E-state index contributed by atoms with van der Waals surface area (Å²) in [6.07, 6.45) is -3.51. The molecule has 41 heavy (non-hydrogen) atoms. The molecule has 0 saturated carbocycles. The second-order valence-corrected chi connectivity index (χ2v) is 9.78. The van der Waals surface area contributed by atoms with E-state index in [-0.39, 0.29) is 46.5 Å². The second kappa shape index (κ2) is 11.3. The van der Waals surface area contributed by atoms with E-state index >= 15 is 0 Å². The summed E-state index contributed by atoms with van der Waals surface area (Å²) < 4.78 is 108. The molecule has 0 aliphatic heterocycles. The summed E-state index contributed by atoms with van der Waals surface area (Å²) in [5.74, 6) is -6.03. The Bertz CT molecular complexity index is 1660. The van der Waals surface area contributed by atoms with Crippen LogP contribution < -0.4 is 20.5 Å². The monoisotopic (exact) mass is 601 g/mol. The Morgan fingerprint density at radius 3 is 2.37 bits per heavy atom. The molecule has 0 radical (unpaired) electrons. The lowest BCUT2D eigenvalue weighted by molar-refractivity contribution is -0.141. The minimum absolute atomic E-state index is 0.0465. The quantitative estimate of drug-likeness (QED) is 0.194. The van der Waals surface area contributed by atoms with Crippen molar-refractivity contribution in [1.82, 2.24) is 20.2 Å². The van der Waals surface area contributed by atoms with Gasteiger partial charge in [-0.1, -0.05) is 18.2 Å². The minimum Gasteiger partial charge on any atom is -0.487 e. The van der Waals surface area contributed by atoms with Crippen molar-refractivity contribution in [2.75, 3.05) is 10.0 Å². The molecule has 18 heteroatoms. The van der Waals surface area contributed by atoms with Crippen molar-refractivity contribution in [2.45, 2.75) is 18.5 Å². The first-order chi connectivity index (χ1) is 19.2. The first-order valence-electron chi connectivity index (χ1n) is 11.1. The Labute approximate surface area is 226 Å². The molecule has 0 spiro atoms. The summed E-state index contributed by atoms with van der Waals surface area (Å²) in [5, 5.41) is 8.95. The fourth-order valence-corrected chi connectivity index (χ4v) is 3.93. The highest BCUT2D eigenvalue weighted by Crippen LogP contribution is 2.35. The zero-order valence-corrected chi connectivity index (χ0v) is 21.0. The zero-order chi connectivity index (χ0) is 29.9. The van der Waals surface area contributed by atoms with E-state index < -0.39 is 39.4 Å². The van der Waals surface area contributed by atoms with Gasteiger partial charge in [0.15, 0.2) is 11.5 Å². The molecule has 0 saturated heterocycles. The van der Waals surface area contributed by atoms with Gasteiger partial charge >= 0.3 is 11.9 Å². The highest BCUT2D eigenvalue weighted by Gasteiger charge is 2.33. The number of aromatic amines is 1. The number of H-pyrrole nitrogens is 1. The lowest BCUT2D eigenvalue weighted by Gasteiger charge is -2.15. The van der Waals surface area contributed by atoms with E-state index in [1.807, 2.05) is 0 Å². The van der Waals surface area contributed by atoms with Gasteiger partial charge in [-0.25, -0.2) is 22.8 Å². The number of anilines is 3. The molecule has 11 nitrogen and oxygen atoms in total. The van der Waals surface area contributed by atoms with Gasteiger partial charge in [0.25, 0.3) is 15.9 Å². The number of sulfonamides is 1. The number of nitrogens with one attached hydrogen (secondary N) is 3. The molecule has 0 aliphatic rings. The average molecular weight is 601 g/mol. The Balaban J connectivity index is 1.69. The maximum absolute atomic E-state index is 13.2. The van der Waals surface area contributed by atoms with Gasteiger partial charge in [-0.3, -0.25) is 14.6 Å². The number of primary amides is 1. The number of aromatic nitrogens is 4. The number of nitrogens with zero attached hydrogens (tertiary/aromatic N) is 3. The van der Waals surface area contributed by atoms with Crippen LogP contribution in [0.3, 0.4) is 0 Å². The predicted octanol–water partition coefficient (Wildman–Crippen LogP) is 4.41. The van der Waals surface area contributed by atoms with Crippen LogP contribution in [-0.4, -0.2) is 40.2 Å². The number of hydrogen-bond acceptors (Lipinski definition) is 8. The number of carbonyl (C=O) groups is 1. The van der Waals surface area contributed by atoms with E-state index in [1.165, 1.54) is 24.3 Å². The molecule has 5 N–H and O–H groups in total. The van der Waals surface area contributed by atoms with Crippen LogP contribution in [0.1, 0.15) is 21.6 Å². The molecule has 0 atom stereocenters. The van der Waals surface area contributed by atoms with Gasteiger partial charge in [0.2, 0.25) is 0 Å². The van der Waals surface area contributed by atoms with Crippen molar-refractivity contribution < 1.29 is 44.3 Å². The SMILES string of the molecule is NC(=O)c1c(Nc2cnc(C(F)(F)F)cn2)n[nH]c1-c1ccc(NS(=O)(=O)C(F)F)c(OCc2ccc(F)cc2)c1. The van der Waals surface area contributed by atoms with Gasteiger partial charge in [-0.2, -0.15) is 27.1 Å². The van der Waals surface area contributed by atoms with E-state index in [2.05, 4.69) is 25.5 Å². The van der Waals surface area contributed by atoms with E-state index in [0.29, 0.717) is 11.8 Å². The number of rotatable bonds is 10. The van der Waals surface area contributed by atoms with Crippen molar-refractivity contribution in [1.29, 1.82) is 0 Å². The maximum atomic E-state index is 13.2. The highest BCUT2D eigenvalue weighted by atomic mass is 32.2. The molecule has 4 rings (SSSR count). The third-order valence-electron chi connectivity index (χ3n) is 5.27. The van der Waals surface area contributed by atoms with Gasteiger partial charge in [0.1, 0.15) is 29.6 Å². The van der Waals surface area contributed by atoms with E-state index in [1.54, 1.807) is 4.72 Å². The van der Waals surface area contributed by atoms with Crippen LogP contribution >= 0.6 is 0 Å². The Hall–Kier alpha value is -4.87. The normalized spacial score (nSPS) is 11.9. The Kier molecular flexibility index (Phi) is 8.04. The number of hydrogen-bond donors (Lipinski definition) is 4. The van der Waals surface area contributed by atoms with E-state index in [0.717, 1.165) is 24.4 Å². The smallest absolute Gasteiger partial charge is 0.434 e. The van der Waals surface area contributed by atoms with Crippen LogP contribution in [-0.2, 0) is 22.8 Å². The molecule has 2 aromatic heterocycles. The lowest BCUT2D eigenvalue weighted by Crippen LogP contribution is -2.21. The minimum atomic E-state index is -5.10. The molecule has 0 bridgehead atoms. The third kappa shape index (κ3) is 6.83. The van der Waals surface area contributed by atoms with Crippen molar-refractivity contribution in [3.05, 3.63) is 77.5 Å². The molecular formula is C23H17F6N7O4S. The summed E-state index contributed by atoms with van der Waals surface area (Å²) in [7, 11) is -5.10. The van der Waals surface area contributed by atoms with Crippen molar-refractivity contribution in [3.63, 3.8) is 0 Å². The summed E-state index contributed by atoms with van der Waals surface area (Å²) in [6.45, 7) is -0.238. The maximum Gasteiger partial charge on any atom is 0.434 e. The highest BCUT2D eigenvalue weighted by molar-refractivity contribution is 7.93. The number of carbonyl (C=O) groups excluding carboxylic acids is 1. The topological polar surface area (TPSA) is 165 Å². The van der Waals surface area contributed by atoms with Crippen LogP contribution in [0, 0.1) is 5.82 Å². The number of nitrogens with two attached hydrogens (primary N) is 1. The molecule has 2 heterocycles. The summed E-state index contributed by atoms with van der Waals surface area (Å²) in [6, 6.07) is 8.55. The molecule has 2 aromatic carbocycles. The van der Waals surface area contributed by atoms with Gasteiger partial charge < -0.3 is 15.8 Å². The van der Waals surface area contributed by atoms with Gasteiger partial charge in [0.05, 0.1) is 23.8 Å².